The van der Waals surface area contributed by atoms with E-state index in [9.17, 15) is 15.0 Å². The number of aliphatic hydroxyl groups is 2. The maximum atomic E-state index is 11.7. The number of hydrogen-bond donors (Lipinski definition) is 2. The minimum atomic E-state index is -1.10. The van der Waals surface area contributed by atoms with Gasteiger partial charge in [-0.15, -0.1) is 0 Å². The summed E-state index contributed by atoms with van der Waals surface area (Å²) in [5.74, 6) is -0.921. The van der Waals surface area contributed by atoms with Gasteiger partial charge in [0.2, 0.25) is 0 Å². The average molecular weight is 340 g/mol. The molecule has 1 heterocycles. The Balaban J connectivity index is 2.10. The Morgan fingerprint density at radius 1 is 1.38 bits per heavy atom. The van der Waals surface area contributed by atoms with E-state index in [2.05, 4.69) is 13.8 Å². The molecule has 0 amide bonds. The first-order valence-corrected chi connectivity index (χ1v) is 8.55. The monoisotopic (exact) mass is 340 g/mol. The Morgan fingerprint density at radius 2 is 2.04 bits per heavy atom. The zero-order valence-electron chi connectivity index (χ0n) is 15.0. The smallest absolute Gasteiger partial charge is 0.303 e. The van der Waals surface area contributed by atoms with E-state index in [1.165, 1.54) is 6.92 Å². The van der Waals surface area contributed by atoms with Crippen molar-refractivity contribution in [3.8, 4) is 0 Å². The molecule has 7 atom stereocenters. The first kappa shape index (κ1) is 17.9. The van der Waals surface area contributed by atoms with Gasteiger partial charge < -0.3 is 24.4 Å². The Morgan fingerprint density at radius 3 is 2.58 bits per heavy atom. The maximum Gasteiger partial charge on any atom is 0.303 e. The summed E-state index contributed by atoms with van der Waals surface area (Å²) >= 11 is 0. The zero-order valence-corrected chi connectivity index (χ0v) is 15.0. The number of carbonyl (C=O) groups excluding carboxylic acids is 1. The third-order valence-corrected chi connectivity index (χ3v) is 6.19. The first-order valence-electron chi connectivity index (χ1n) is 8.55. The molecule has 3 rings (SSSR count). The lowest BCUT2D eigenvalue weighted by molar-refractivity contribution is -0.276. The Kier molecular flexibility index (Phi) is 4.31. The van der Waals surface area contributed by atoms with Crippen LogP contribution in [0.3, 0.4) is 0 Å². The summed E-state index contributed by atoms with van der Waals surface area (Å²) in [6.07, 6.45) is 0.141. The number of rotatable bonds is 2. The molecule has 0 aromatic rings. The molecule has 1 aliphatic heterocycles. The van der Waals surface area contributed by atoms with Crippen LogP contribution in [0.15, 0.2) is 11.6 Å². The van der Waals surface area contributed by atoms with Crippen molar-refractivity contribution in [3.63, 3.8) is 0 Å². The van der Waals surface area contributed by atoms with E-state index in [-0.39, 0.29) is 17.3 Å². The van der Waals surface area contributed by atoms with Crippen LogP contribution in [0.2, 0.25) is 0 Å². The molecule has 3 aliphatic rings. The molecule has 6 nitrogen and oxygen atoms in total. The highest BCUT2D eigenvalue weighted by Crippen LogP contribution is 2.67. The summed E-state index contributed by atoms with van der Waals surface area (Å²) in [6, 6.07) is 0. The highest BCUT2D eigenvalue weighted by atomic mass is 16.7. The predicted molar refractivity (Wildman–Crippen MR) is 85.9 cm³/mol. The first-order chi connectivity index (χ1) is 11.1. The summed E-state index contributed by atoms with van der Waals surface area (Å²) in [5, 5.41) is 21.4. The molecule has 136 valence electrons. The Labute approximate surface area is 142 Å². The molecule has 2 N–H and O–H groups in total. The van der Waals surface area contributed by atoms with Gasteiger partial charge in [0.25, 0.3) is 0 Å². The van der Waals surface area contributed by atoms with Crippen molar-refractivity contribution < 1.29 is 29.2 Å². The quantitative estimate of drug-likeness (QED) is 0.584. The summed E-state index contributed by atoms with van der Waals surface area (Å²) in [4.78, 5) is 11.7. The fraction of sp³-hybridized carbons (Fsp3) is 0.833. The lowest BCUT2D eigenvalue weighted by atomic mass is 9.47. The van der Waals surface area contributed by atoms with Gasteiger partial charge in [-0.05, 0) is 18.8 Å². The van der Waals surface area contributed by atoms with Gasteiger partial charge in [-0.2, -0.15) is 0 Å². The highest BCUT2D eigenvalue weighted by molar-refractivity contribution is 5.66. The minimum absolute atomic E-state index is 0.0844. The normalized spacial score (nSPS) is 48.9. The van der Waals surface area contributed by atoms with Crippen molar-refractivity contribution in [2.24, 2.45) is 17.3 Å². The second kappa shape index (κ2) is 5.80. The molecule has 1 saturated heterocycles. The van der Waals surface area contributed by atoms with Crippen molar-refractivity contribution in [3.05, 3.63) is 11.6 Å². The van der Waals surface area contributed by atoms with Crippen molar-refractivity contribution in [1.29, 1.82) is 0 Å². The average Bonchev–Trinajstić information content (AvgIpc) is 2.73. The van der Waals surface area contributed by atoms with Crippen LogP contribution in [0.25, 0.3) is 0 Å². The second-order valence-electron chi connectivity index (χ2n) is 8.08. The number of ether oxygens (including phenoxy) is 3. The molecular weight excluding hydrogens is 312 g/mol. The van der Waals surface area contributed by atoms with Crippen molar-refractivity contribution in [2.45, 2.75) is 70.7 Å². The molecule has 0 spiro atoms. The molecule has 24 heavy (non-hydrogen) atoms. The van der Waals surface area contributed by atoms with Crippen molar-refractivity contribution in [1.82, 2.24) is 0 Å². The van der Waals surface area contributed by atoms with Crippen LogP contribution in [0.4, 0.5) is 0 Å². The highest BCUT2D eigenvalue weighted by Gasteiger charge is 2.74. The predicted octanol–water partition coefficient (Wildman–Crippen LogP) is 1.39. The molecule has 1 saturated carbocycles. The third-order valence-electron chi connectivity index (χ3n) is 6.19. The van der Waals surface area contributed by atoms with Gasteiger partial charge in [0.05, 0.1) is 6.10 Å². The largest absolute Gasteiger partial charge is 0.459 e. The standard InChI is InChI=1S/C18H28O6/c1-9-6-12(22-5)15(20)14-11-8-17(3,4)18(11,24-16(14)21)13(7-9)23-10(2)19/h6,11-16,20-21H,7-8H2,1-5H3/b9-6-/t11-,12-,13-,14+,15+,16?,18-/m0/s1. The van der Waals surface area contributed by atoms with E-state index in [1.807, 2.05) is 13.0 Å². The van der Waals surface area contributed by atoms with Gasteiger partial charge in [-0.25, -0.2) is 0 Å². The van der Waals surface area contributed by atoms with E-state index in [0.717, 1.165) is 12.0 Å². The van der Waals surface area contributed by atoms with Crippen molar-refractivity contribution >= 4 is 5.97 Å². The van der Waals surface area contributed by atoms with Crippen LogP contribution in [0.1, 0.15) is 40.5 Å². The van der Waals surface area contributed by atoms with Crippen molar-refractivity contribution in [2.75, 3.05) is 7.11 Å². The van der Waals surface area contributed by atoms with Crippen LogP contribution in [-0.4, -0.2) is 53.5 Å². The summed E-state index contributed by atoms with van der Waals surface area (Å²) < 4.78 is 17.2. The molecule has 0 radical (unpaired) electrons. The number of aliphatic hydroxyl groups excluding tert-OH is 2. The second-order valence-corrected chi connectivity index (χ2v) is 8.08. The molecular formula is C18H28O6. The SMILES string of the molecule is CO[C@H]1/C=C(/C)C[C@H](OC(C)=O)[C@@]23OC(O)[C@@H]([C@@H]1O)[C@@H]2CC3(C)C. The molecule has 2 fully saturated rings. The third kappa shape index (κ3) is 2.35. The van der Waals surface area contributed by atoms with Gasteiger partial charge in [0.15, 0.2) is 6.29 Å². The lowest BCUT2D eigenvalue weighted by Crippen LogP contribution is -2.68. The van der Waals surface area contributed by atoms with Crippen LogP contribution in [0, 0.1) is 17.3 Å². The zero-order chi connectivity index (χ0) is 17.9. The van der Waals surface area contributed by atoms with E-state index < -0.39 is 36.1 Å². The van der Waals surface area contributed by atoms with E-state index in [4.69, 9.17) is 14.2 Å². The minimum Gasteiger partial charge on any atom is -0.459 e. The topological polar surface area (TPSA) is 85.2 Å². The van der Waals surface area contributed by atoms with Gasteiger partial charge in [0.1, 0.15) is 17.8 Å². The Hall–Kier alpha value is -0.950. The maximum absolute atomic E-state index is 11.7. The summed E-state index contributed by atoms with van der Waals surface area (Å²) in [6.45, 7) is 7.44. The molecule has 2 aliphatic carbocycles. The van der Waals surface area contributed by atoms with Crippen LogP contribution < -0.4 is 0 Å². The molecule has 0 aromatic heterocycles. The van der Waals surface area contributed by atoms with E-state index >= 15 is 0 Å². The number of esters is 1. The van der Waals surface area contributed by atoms with E-state index in [0.29, 0.717) is 6.42 Å². The molecule has 1 unspecified atom stereocenters. The van der Waals surface area contributed by atoms with Crippen LogP contribution in [0.5, 0.6) is 0 Å². The molecule has 0 aromatic carbocycles. The Bertz CT molecular complexity index is 556. The molecule has 6 heteroatoms. The fourth-order valence-corrected chi connectivity index (χ4v) is 5.18. The number of hydrogen-bond acceptors (Lipinski definition) is 6. The van der Waals surface area contributed by atoms with E-state index in [1.54, 1.807) is 7.11 Å². The summed E-state index contributed by atoms with van der Waals surface area (Å²) in [7, 11) is 1.54. The van der Waals surface area contributed by atoms with Gasteiger partial charge >= 0.3 is 5.97 Å². The number of carbonyl (C=O) groups is 1. The van der Waals surface area contributed by atoms with Crippen LogP contribution >= 0.6 is 0 Å². The fourth-order valence-electron chi connectivity index (χ4n) is 5.18. The van der Waals surface area contributed by atoms with Crippen LogP contribution in [-0.2, 0) is 19.0 Å². The lowest BCUT2D eigenvalue weighted by Gasteiger charge is -2.61. The van der Waals surface area contributed by atoms with Gasteiger partial charge in [-0.1, -0.05) is 25.5 Å². The van der Waals surface area contributed by atoms with Gasteiger partial charge in [-0.3, -0.25) is 4.79 Å². The summed E-state index contributed by atoms with van der Waals surface area (Å²) in [5.41, 5.74) is -0.0874. The molecule has 2 bridgehead atoms. The number of methoxy groups -OCH3 is 1. The van der Waals surface area contributed by atoms with Gasteiger partial charge in [0, 0.05) is 32.3 Å².